The van der Waals surface area contributed by atoms with Gasteiger partial charge in [0, 0.05) is 19.6 Å². The van der Waals surface area contributed by atoms with E-state index in [9.17, 15) is 18.4 Å². The molecule has 3 fully saturated rings. The fourth-order valence-electron chi connectivity index (χ4n) is 4.19. The molecule has 2 aliphatic heterocycles. The molecular formula is C20H24F2N2O3. The van der Waals surface area contributed by atoms with E-state index < -0.39 is 17.2 Å². The summed E-state index contributed by atoms with van der Waals surface area (Å²) < 4.78 is 33.7. The lowest BCUT2D eigenvalue weighted by molar-refractivity contribution is -0.177. The Morgan fingerprint density at radius 1 is 1.19 bits per heavy atom. The highest BCUT2D eigenvalue weighted by molar-refractivity contribution is 5.86. The normalized spacial score (nSPS) is 24.0. The van der Waals surface area contributed by atoms with Crippen molar-refractivity contribution < 1.29 is 23.1 Å². The number of benzene rings is 1. The molecular weight excluding hydrogens is 354 g/mol. The summed E-state index contributed by atoms with van der Waals surface area (Å²) in [6.45, 7) is 1.60. The first-order valence-corrected chi connectivity index (χ1v) is 9.54. The Balaban J connectivity index is 1.39. The van der Waals surface area contributed by atoms with Crippen LogP contribution in [0.5, 0.6) is 0 Å². The second-order valence-corrected chi connectivity index (χ2v) is 7.96. The Morgan fingerprint density at radius 3 is 2.56 bits per heavy atom. The van der Waals surface area contributed by atoms with Gasteiger partial charge in [0.2, 0.25) is 5.91 Å². The molecule has 0 atom stereocenters. The van der Waals surface area contributed by atoms with E-state index in [1.165, 1.54) is 12.1 Å². The first-order chi connectivity index (χ1) is 12.9. The van der Waals surface area contributed by atoms with Crippen molar-refractivity contribution in [1.82, 2.24) is 9.80 Å². The average Bonchev–Trinajstić information content (AvgIpc) is 2.63. The SMILES string of the molecule is O=C1COC2(CCN(C(=O)C3(F)CCC3)CC2)CN1Cc1cccc(F)c1. The minimum atomic E-state index is -1.67. The second kappa shape index (κ2) is 6.86. The highest BCUT2D eigenvalue weighted by Crippen LogP contribution is 2.39. The van der Waals surface area contributed by atoms with Gasteiger partial charge in [-0.3, -0.25) is 9.59 Å². The predicted octanol–water partition coefficient (Wildman–Crippen LogP) is 2.44. The molecule has 2 saturated heterocycles. The average molecular weight is 378 g/mol. The molecule has 1 aliphatic carbocycles. The molecule has 1 spiro atoms. The zero-order chi connectivity index (χ0) is 19.1. The van der Waals surface area contributed by atoms with Crippen LogP contribution in [0.2, 0.25) is 0 Å². The highest BCUT2D eigenvalue weighted by Gasteiger charge is 2.49. The van der Waals surface area contributed by atoms with Gasteiger partial charge in [0.15, 0.2) is 5.67 Å². The lowest BCUT2D eigenvalue weighted by atomic mass is 9.80. The second-order valence-electron chi connectivity index (χ2n) is 7.96. The quantitative estimate of drug-likeness (QED) is 0.812. The molecule has 5 nitrogen and oxygen atoms in total. The van der Waals surface area contributed by atoms with Crippen LogP contribution in [0, 0.1) is 5.82 Å². The van der Waals surface area contributed by atoms with E-state index in [2.05, 4.69) is 0 Å². The maximum absolute atomic E-state index is 14.4. The van der Waals surface area contributed by atoms with Crippen LogP contribution < -0.4 is 0 Å². The molecule has 7 heteroatoms. The molecule has 3 aliphatic rings. The van der Waals surface area contributed by atoms with Crippen LogP contribution in [-0.2, 0) is 20.9 Å². The predicted molar refractivity (Wildman–Crippen MR) is 94.0 cm³/mol. The van der Waals surface area contributed by atoms with E-state index in [-0.39, 0.29) is 18.3 Å². The number of halogens is 2. The molecule has 27 heavy (non-hydrogen) atoms. The fraction of sp³-hybridized carbons (Fsp3) is 0.600. The number of morpholine rings is 1. The summed E-state index contributed by atoms with van der Waals surface area (Å²) in [5.41, 5.74) is -1.45. The van der Waals surface area contributed by atoms with Crippen LogP contribution >= 0.6 is 0 Å². The number of hydrogen-bond donors (Lipinski definition) is 0. The Hall–Kier alpha value is -2.02. The molecule has 1 saturated carbocycles. The molecule has 2 heterocycles. The van der Waals surface area contributed by atoms with Gasteiger partial charge >= 0.3 is 0 Å². The minimum Gasteiger partial charge on any atom is -0.363 e. The summed E-state index contributed by atoms with van der Waals surface area (Å²) in [5, 5.41) is 0. The van der Waals surface area contributed by atoms with Gasteiger partial charge < -0.3 is 14.5 Å². The number of ether oxygens (including phenoxy) is 1. The van der Waals surface area contributed by atoms with Crippen LogP contribution in [0.25, 0.3) is 0 Å². The van der Waals surface area contributed by atoms with Gasteiger partial charge in [0.1, 0.15) is 12.4 Å². The van der Waals surface area contributed by atoms with Crippen LogP contribution in [0.3, 0.4) is 0 Å². The van der Waals surface area contributed by atoms with Crippen molar-refractivity contribution >= 4 is 11.8 Å². The van der Waals surface area contributed by atoms with Gasteiger partial charge in [-0.2, -0.15) is 0 Å². The molecule has 0 unspecified atom stereocenters. The summed E-state index contributed by atoms with van der Waals surface area (Å²) in [5.74, 6) is -0.849. The van der Waals surface area contributed by atoms with Crippen LogP contribution in [-0.4, -0.2) is 59.1 Å². The minimum absolute atomic E-state index is 0.0175. The van der Waals surface area contributed by atoms with E-state index in [0.29, 0.717) is 51.9 Å². The van der Waals surface area contributed by atoms with E-state index in [0.717, 1.165) is 12.0 Å². The number of carbonyl (C=O) groups is 2. The molecule has 2 amide bonds. The van der Waals surface area contributed by atoms with Crippen molar-refractivity contribution in [2.24, 2.45) is 0 Å². The van der Waals surface area contributed by atoms with E-state index in [1.807, 2.05) is 0 Å². The maximum Gasteiger partial charge on any atom is 0.260 e. The van der Waals surface area contributed by atoms with Crippen LogP contribution in [0.1, 0.15) is 37.7 Å². The third-order valence-corrected chi connectivity index (χ3v) is 6.09. The van der Waals surface area contributed by atoms with Crippen molar-refractivity contribution in [2.75, 3.05) is 26.2 Å². The number of amides is 2. The molecule has 0 bridgehead atoms. The zero-order valence-electron chi connectivity index (χ0n) is 15.3. The third-order valence-electron chi connectivity index (χ3n) is 6.09. The Kier molecular flexibility index (Phi) is 4.66. The first-order valence-electron chi connectivity index (χ1n) is 9.54. The molecule has 4 rings (SSSR count). The largest absolute Gasteiger partial charge is 0.363 e. The standard InChI is InChI=1S/C20H24F2N2O3/c21-16-4-1-3-15(11-16)12-24-14-19(27-13-17(24)25)7-9-23(10-8-19)18(26)20(22)5-2-6-20/h1,3-4,11H,2,5-10,12-14H2. The topological polar surface area (TPSA) is 49.9 Å². The maximum atomic E-state index is 14.4. The smallest absolute Gasteiger partial charge is 0.260 e. The summed E-state index contributed by atoms with van der Waals surface area (Å²) in [6.07, 6.45) is 2.55. The van der Waals surface area contributed by atoms with Crippen molar-refractivity contribution in [3.8, 4) is 0 Å². The summed E-state index contributed by atoms with van der Waals surface area (Å²) >= 11 is 0. The molecule has 1 aromatic rings. The van der Waals surface area contributed by atoms with E-state index >= 15 is 0 Å². The number of rotatable bonds is 3. The van der Waals surface area contributed by atoms with Gasteiger partial charge in [-0.15, -0.1) is 0 Å². The van der Waals surface area contributed by atoms with Crippen molar-refractivity contribution in [2.45, 2.75) is 49.9 Å². The van der Waals surface area contributed by atoms with Gasteiger partial charge in [0.25, 0.3) is 5.91 Å². The van der Waals surface area contributed by atoms with Crippen LogP contribution in [0.15, 0.2) is 24.3 Å². The zero-order valence-corrected chi connectivity index (χ0v) is 15.3. The number of nitrogens with zero attached hydrogens (tertiary/aromatic N) is 2. The lowest BCUT2D eigenvalue weighted by Gasteiger charge is -2.48. The summed E-state index contributed by atoms with van der Waals surface area (Å²) in [6, 6.07) is 6.22. The monoisotopic (exact) mass is 378 g/mol. The summed E-state index contributed by atoms with van der Waals surface area (Å²) in [4.78, 5) is 27.9. The Labute approximate surface area is 157 Å². The van der Waals surface area contributed by atoms with Crippen LogP contribution in [0.4, 0.5) is 8.78 Å². The fourth-order valence-corrected chi connectivity index (χ4v) is 4.19. The van der Waals surface area contributed by atoms with Crippen molar-refractivity contribution in [3.05, 3.63) is 35.6 Å². The number of carbonyl (C=O) groups excluding carboxylic acids is 2. The lowest BCUT2D eigenvalue weighted by Crippen LogP contribution is -2.61. The molecule has 0 N–H and O–H groups in total. The number of likely N-dealkylation sites (tertiary alicyclic amines) is 1. The van der Waals surface area contributed by atoms with Gasteiger partial charge in [0.05, 0.1) is 12.1 Å². The Morgan fingerprint density at radius 2 is 1.93 bits per heavy atom. The Bertz CT molecular complexity index is 742. The first kappa shape index (κ1) is 18.3. The van der Waals surface area contributed by atoms with E-state index in [1.54, 1.807) is 21.9 Å². The van der Waals surface area contributed by atoms with E-state index in [4.69, 9.17) is 4.74 Å². The highest BCUT2D eigenvalue weighted by atomic mass is 19.1. The molecule has 1 aromatic carbocycles. The molecule has 0 radical (unpaired) electrons. The number of alkyl halides is 1. The summed E-state index contributed by atoms with van der Waals surface area (Å²) in [7, 11) is 0. The molecule has 146 valence electrons. The van der Waals surface area contributed by atoms with Crippen molar-refractivity contribution in [1.29, 1.82) is 0 Å². The van der Waals surface area contributed by atoms with Gasteiger partial charge in [-0.1, -0.05) is 12.1 Å². The third kappa shape index (κ3) is 3.57. The molecule has 0 aromatic heterocycles. The van der Waals surface area contributed by atoms with Crippen molar-refractivity contribution in [3.63, 3.8) is 0 Å². The number of hydrogen-bond acceptors (Lipinski definition) is 3. The van der Waals surface area contributed by atoms with Gasteiger partial charge in [-0.05, 0) is 49.8 Å². The number of piperidine rings is 1. The van der Waals surface area contributed by atoms with Gasteiger partial charge in [-0.25, -0.2) is 8.78 Å².